The topological polar surface area (TPSA) is 24.9 Å². The fraction of sp³-hybridized carbons (Fsp3) is 0.615. The van der Waals surface area contributed by atoms with Gasteiger partial charge in [0.2, 0.25) is 0 Å². The van der Waals surface area contributed by atoms with Gasteiger partial charge in [0.15, 0.2) is 0 Å². The average Bonchev–Trinajstić information content (AvgIpc) is 3.07. The predicted octanol–water partition coefficient (Wildman–Crippen LogP) is 3.95. The van der Waals surface area contributed by atoms with Crippen molar-refractivity contribution < 1.29 is 13.2 Å². The Morgan fingerprint density at radius 3 is 2.56 bits per heavy atom. The zero-order chi connectivity index (χ0) is 13.4. The third kappa shape index (κ3) is 2.76. The number of anilines is 1. The zero-order valence-electron chi connectivity index (χ0n) is 10.5. The van der Waals surface area contributed by atoms with E-state index in [1.54, 1.807) is 0 Å². The third-order valence-corrected chi connectivity index (χ3v) is 3.83. The van der Waals surface area contributed by atoms with Gasteiger partial charge in [0.05, 0.1) is 5.56 Å². The average molecular weight is 258 g/mol. The molecule has 0 aromatic carbocycles. The molecular weight excluding hydrogens is 241 g/mol. The van der Waals surface area contributed by atoms with Gasteiger partial charge in [0, 0.05) is 12.7 Å². The van der Waals surface area contributed by atoms with Crippen LogP contribution in [0.1, 0.15) is 32.3 Å². The summed E-state index contributed by atoms with van der Waals surface area (Å²) in [6, 6.07) is 2.05. The Bertz CT molecular complexity index is 422. The summed E-state index contributed by atoms with van der Waals surface area (Å²) in [4.78, 5) is 3.93. The van der Waals surface area contributed by atoms with E-state index in [1.807, 2.05) is 0 Å². The van der Waals surface area contributed by atoms with Gasteiger partial charge in [-0.05, 0) is 36.3 Å². The van der Waals surface area contributed by atoms with Gasteiger partial charge in [-0.1, -0.05) is 13.8 Å². The predicted molar refractivity (Wildman–Crippen MR) is 64.2 cm³/mol. The highest BCUT2D eigenvalue weighted by molar-refractivity contribution is 5.39. The molecule has 0 aliphatic heterocycles. The molecule has 0 radical (unpaired) electrons. The summed E-state index contributed by atoms with van der Waals surface area (Å²) < 4.78 is 37.6. The maximum absolute atomic E-state index is 12.5. The second-order valence-corrected chi connectivity index (χ2v) is 5.30. The number of rotatable bonds is 4. The molecule has 0 spiro atoms. The summed E-state index contributed by atoms with van der Waals surface area (Å²) in [6.45, 7) is 4.99. The molecule has 0 saturated heterocycles. The monoisotopic (exact) mass is 258 g/mol. The maximum atomic E-state index is 12.5. The number of aromatic nitrogens is 1. The molecule has 1 aromatic heterocycles. The van der Waals surface area contributed by atoms with Crippen LogP contribution in [0.4, 0.5) is 19.0 Å². The van der Waals surface area contributed by atoms with Crippen LogP contribution in [-0.4, -0.2) is 11.5 Å². The standard InChI is InChI=1S/C13H17F3N2/c1-9(2)12(4-5-12)8-18-11-7-10(3-6-17-11)13(14,15)16/h3,6-7,9H,4-5,8H2,1-2H3,(H,17,18). The van der Waals surface area contributed by atoms with Gasteiger partial charge in [-0.15, -0.1) is 0 Å². The number of hydrogen-bond donors (Lipinski definition) is 1. The number of pyridine rings is 1. The fourth-order valence-corrected chi connectivity index (χ4v) is 2.09. The first-order valence-electron chi connectivity index (χ1n) is 6.11. The zero-order valence-corrected chi connectivity index (χ0v) is 10.5. The molecule has 0 amide bonds. The quantitative estimate of drug-likeness (QED) is 0.884. The highest BCUT2D eigenvalue weighted by Crippen LogP contribution is 2.51. The van der Waals surface area contributed by atoms with Crippen LogP contribution in [0, 0.1) is 11.3 Å². The fourth-order valence-electron chi connectivity index (χ4n) is 2.09. The van der Waals surface area contributed by atoms with Crippen molar-refractivity contribution in [3.05, 3.63) is 23.9 Å². The summed E-state index contributed by atoms with van der Waals surface area (Å²) >= 11 is 0. The van der Waals surface area contributed by atoms with E-state index in [-0.39, 0.29) is 5.41 Å². The summed E-state index contributed by atoms with van der Waals surface area (Å²) in [5.74, 6) is 0.840. The van der Waals surface area contributed by atoms with Crippen molar-refractivity contribution in [1.82, 2.24) is 4.98 Å². The first-order valence-corrected chi connectivity index (χ1v) is 6.11. The minimum atomic E-state index is -4.31. The Morgan fingerprint density at radius 1 is 1.39 bits per heavy atom. The second kappa shape index (κ2) is 4.44. The smallest absolute Gasteiger partial charge is 0.369 e. The first-order chi connectivity index (χ1) is 8.33. The summed E-state index contributed by atoms with van der Waals surface area (Å²) in [7, 11) is 0. The van der Waals surface area contributed by atoms with Crippen molar-refractivity contribution >= 4 is 5.82 Å². The number of nitrogens with zero attached hydrogens (tertiary/aromatic N) is 1. The highest BCUT2D eigenvalue weighted by atomic mass is 19.4. The number of alkyl halides is 3. The van der Waals surface area contributed by atoms with Gasteiger partial charge >= 0.3 is 6.18 Å². The molecule has 1 heterocycles. The minimum Gasteiger partial charge on any atom is -0.369 e. The molecule has 1 aliphatic rings. The Labute approximate surface area is 105 Å². The molecule has 0 bridgehead atoms. The molecule has 1 saturated carbocycles. The number of nitrogens with one attached hydrogen (secondary N) is 1. The second-order valence-electron chi connectivity index (χ2n) is 5.30. The normalized spacial score (nSPS) is 17.9. The molecule has 1 N–H and O–H groups in total. The maximum Gasteiger partial charge on any atom is 0.416 e. The number of halogens is 3. The Balaban J connectivity index is 2.02. The van der Waals surface area contributed by atoms with E-state index in [4.69, 9.17) is 0 Å². The van der Waals surface area contributed by atoms with Crippen molar-refractivity contribution in [1.29, 1.82) is 0 Å². The Kier molecular flexibility index (Phi) is 3.25. The van der Waals surface area contributed by atoms with Crippen molar-refractivity contribution in [3.63, 3.8) is 0 Å². The van der Waals surface area contributed by atoms with E-state index in [2.05, 4.69) is 24.1 Å². The molecule has 5 heteroatoms. The van der Waals surface area contributed by atoms with E-state index >= 15 is 0 Å². The lowest BCUT2D eigenvalue weighted by molar-refractivity contribution is -0.137. The molecule has 1 fully saturated rings. The summed E-state index contributed by atoms with van der Waals surface area (Å²) in [5.41, 5.74) is -0.412. The third-order valence-electron chi connectivity index (χ3n) is 3.83. The summed E-state index contributed by atoms with van der Waals surface area (Å²) in [5, 5.41) is 3.03. The van der Waals surface area contributed by atoms with Gasteiger partial charge in [0.1, 0.15) is 5.82 Å². The molecule has 2 nitrogen and oxygen atoms in total. The van der Waals surface area contributed by atoms with E-state index in [0.717, 1.165) is 25.0 Å². The van der Waals surface area contributed by atoms with Crippen molar-refractivity contribution in [2.24, 2.45) is 11.3 Å². The van der Waals surface area contributed by atoms with Gasteiger partial charge in [-0.2, -0.15) is 13.2 Å². The van der Waals surface area contributed by atoms with Crippen molar-refractivity contribution in [3.8, 4) is 0 Å². The van der Waals surface area contributed by atoms with Crippen LogP contribution in [0.15, 0.2) is 18.3 Å². The van der Waals surface area contributed by atoms with Crippen LogP contribution < -0.4 is 5.32 Å². The molecule has 1 aromatic rings. The van der Waals surface area contributed by atoms with Gasteiger partial charge in [0.25, 0.3) is 0 Å². The molecule has 100 valence electrons. The lowest BCUT2D eigenvalue weighted by Crippen LogP contribution is -2.21. The molecule has 0 unspecified atom stereocenters. The van der Waals surface area contributed by atoms with Gasteiger partial charge < -0.3 is 5.32 Å². The molecular formula is C13H17F3N2. The highest BCUT2D eigenvalue weighted by Gasteiger charge is 2.45. The molecule has 0 atom stereocenters. The SMILES string of the molecule is CC(C)C1(CNc2cc(C(F)(F)F)ccn2)CC1. The van der Waals surface area contributed by atoms with Crippen LogP contribution >= 0.6 is 0 Å². The van der Waals surface area contributed by atoms with E-state index in [1.165, 1.54) is 6.20 Å². The number of hydrogen-bond acceptors (Lipinski definition) is 2. The van der Waals surface area contributed by atoms with Crippen LogP contribution in [0.25, 0.3) is 0 Å². The van der Waals surface area contributed by atoms with Crippen molar-refractivity contribution in [2.75, 3.05) is 11.9 Å². The van der Waals surface area contributed by atoms with Gasteiger partial charge in [-0.3, -0.25) is 0 Å². The van der Waals surface area contributed by atoms with E-state index < -0.39 is 11.7 Å². The lowest BCUT2D eigenvalue weighted by atomic mass is 9.92. The Morgan fingerprint density at radius 2 is 2.06 bits per heavy atom. The minimum absolute atomic E-state index is 0.246. The first kappa shape index (κ1) is 13.2. The lowest BCUT2D eigenvalue weighted by Gasteiger charge is -2.20. The van der Waals surface area contributed by atoms with E-state index in [0.29, 0.717) is 18.3 Å². The van der Waals surface area contributed by atoms with Crippen LogP contribution in [0.3, 0.4) is 0 Å². The van der Waals surface area contributed by atoms with Crippen LogP contribution in [0.5, 0.6) is 0 Å². The molecule has 2 rings (SSSR count). The molecule has 18 heavy (non-hydrogen) atoms. The molecule has 1 aliphatic carbocycles. The van der Waals surface area contributed by atoms with Crippen LogP contribution in [0.2, 0.25) is 0 Å². The Hall–Kier alpha value is -1.26. The van der Waals surface area contributed by atoms with E-state index in [9.17, 15) is 13.2 Å². The summed E-state index contributed by atoms with van der Waals surface area (Å²) in [6.07, 6.45) is -0.845. The van der Waals surface area contributed by atoms with Crippen LogP contribution in [-0.2, 0) is 6.18 Å². The van der Waals surface area contributed by atoms with Gasteiger partial charge in [-0.25, -0.2) is 4.98 Å². The largest absolute Gasteiger partial charge is 0.416 e. The van der Waals surface area contributed by atoms with Crippen molar-refractivity contribution in [2.45, 2.75) is 32.9 Å².